The minimum absolute atomic E-state index is 0.190. The second-order valence-corrected chi connectivity index (χ2v) is 7.53. The SMILES string of the molecule is CCOc1ccccc1NC(=O)NCCc1csc2c1CC[C@H](C)C2. The fraction of sp³-hybridized carbons (Fsp3) is 0.450. The molecule has 4 nitrogen and oxygen atoms in total. The van der Waals surface area contributed by atoms with Crippen molar-refractivity contribution in [2.75, 3.05) is 18.5 Å². The van der Waals surface area contributed by atoms with Crippen LogP contribution in [0.25, 0.3) is 0 Å². The largest absolute Gasteiger partial charge is 0.492 e. The number of para-hydroxylation sites is 2. The Balaban J connectivity index is 1.51. The molecule has 3 rings (SSSR count). The summed E-state index contributed by atoms with van der Waals surface area (Å²) in [5.41, 5.74) is 3.64. The van der Waals surface area contributed by atoms with Crippen LogP contribution in [0.2, 0.25) is 0 Å². The number of amides is 2. The average Bonchev–Trinajstić information content (AvgIpc) is 2.99. The van der Waals surface area contributed by atoms with E-state index in [1.807, 2.05) is 42.5 Å². The van der Waals surface area contributed by atoms with Gasteiger partial charge in [0.15, 0.2) is 0 Å². The lowest BCUT2D eigenvalue weighted by Gasteiger charge is -2.19. The molecule has 2 aromatic rings. The number of urea groups is 1. The van der Waals surface area contributed by atoms with E-state index >= 15 is 0 Å². The van der Waals surface area contributed by atoms with Gasteiger partial charge in [0, 0.05) is 11.4 Å². The normalized spacial score (nSPS) is 16.2. The van der Waals surface area contributed by atoms with Crippen molar-refractivity contribution in [3.8, 4) is 5.75 Å². The first-order valence-electron chi connectivity index (χ1n) is 9.02. The Morgan fingerprint density at radius 3 is 3.04 bits per heavy atom. The predicted octanol–water partition coefficient (Wildman–Crippen LogP) is 4.64. The van der Waals surface area contributed by atoms with Gasteiger partial charge in [-0.25, -0.2) is 4.79 Å². The van der Waals surface area contributed by atoms with Crippen molar-refractivity contribution < 1.29 is 9.53 Å². The number of carbonyl (C=O) groups excluding carboxylic acids is 1. The fourth-order valence-electron chi connectivity index (χ4n) is 3.28. The van der Waals surface area contributed by atoms with Gasteiger partial charge in [0.25, 0.3) is 0 Å². The topological polar surface area (TPSA) is 50.4 Å². The lowest BCUT2D eigenvalue weighted by atomic mass is 9.88. The van der Waals surface area contributed by atoms with Crippen LogP contribution in [-0.4, -0.2) is 19.2 Å². The number of benzene rings is 1. The van der Waals surface area contributed by atoms with Crippen molar-refractivity contribution in [1.82, 2.24) is 5.32 Å². The van der Waals surface area contributed by atoms with Gasteiger partial charge in [-0.05, 0) is 67.2 Å². The van der Waals surface area contributed by atoms with Gasteiger partial charge in [-0.3, -0.25) is 0 Å². The maximum atomic E-state index is 12.2. The summed E-state index contributed by atoms with van der Waals surface area (Å²) in [5, 5.41) is 8.09. The van der Waals surface area contributed by atoms with Crippen molar-refractivity contribution in [2.24, 2.45) is 5.92 Å². The maximum Gasteiger partial charge on any atom is 0.319 e. The van der Waals surface area contributed by atoms with E-state index in [4.69, 9.17) is 4.74 Å². The highest BCUT2D eigenvalue weighted by atomic mass is 32.1. The first-order valence-corrected chi connectivity index (χ1v) is 9.90. The van der Waals surface area contributed by atoms with Crippen LogP contribution in [0, 0.1) is 5.92 Å². The molecule has 25 heavy (non-hydrogen) atoms. The number of nitrogens with one attached hydrogen (secondary N) is 2. The standard InChI is InChI=1S/C20H26N2O2S/c1-3-24-18-7-5-4-6-17(18)22-20(23)21-11-10-15-13-25-19-12-14(2)8-9-16(15)19/h4-7,13-14H,3,8-12H2,1-2H3,(H2,21,22,23)/t14-/m0/s1. The maximum absolute atomic E-state index is 12.2. The number of thiophene rings is 1. The van der Waals surface area contributed by atoms with Gasteiger partial charge in [-0.2, -0.15) is 0 Å². The zero-order chi connectivity index (χ0) is 17.6. The van der Waals surface area contributed by atoms with Crippen molar-refractivity contribution >= 4 is 23.1 Å². The lowest BCUT2D eigenvalue weighted by molar-refractivity contribution is 0.252. The Morgan fingerprint density at radius 2 is 2.20 bits per heavy atom. The summed E-state index contributed by atoms with van der Waals surface area (Å²) in [6.45, 7) is 5.47. The van der Waals surface area contributed by atoms with Gasteiger partial charge in [0.05, 0.1) is 12.3 Å². The molecule has 2 N–H and O–H groups in total. The van der Waals surface area contributed by atoms with Crippen molar-refractivity contribution in [1.29, 1.82) is 0 Å². The Hall–Kier alpha value is -2.01. The Labute approximate surface area is 153 Å². The molecule has 0 saturated carbocycles. The van der Waals surface area contributed by atoms with Crippen LogP contribution in [-0.2, 0) is 19.3 Å². The summed E-state index contributed by atoms with van der Waals surface area (Å²) >= 11 is 1.88. The number of rotatable bonds is 6. The van der Waals surface area contributed by atoms with Gasteiger partial charge >= 0.3 is 6.03 Å². The molecule has 5 heteroatoms. The van der Waals surface area contributed by atoms with Crippen LogP contribution in [0.4, 0.5) is 10.5 Å². The number of hydrogen-bond acceptors (Lipinski definition) is 3. The number of carbonyl (C=O) groups is 1. The lowest BCUT2D eigenvalue weighted by Crippen LogP contribution is -2.30. The van der Waals surface area contributed by atoms with Crippen molar-refractivity contribution in [2.45, 2.75) is 39.5 Å². The molecule has 1 aliphatic carbocycles. The predicted molar refractivity (Wildman–Crippen MR) is 104 cm³/mol. The highest BCUT2D eigenvalue weighted by Crippen LogP contribution is 2.32. The molecule has 134 valence electrons. The Kier molecular flexibility index (Phi) is 5.97. The van der Waals surface area contributed by atoms with Gasteiger partial charge < -0.3 is 15.4 Å². The summed E-state index contributed by atoms with van der Waals surface area (Å²) in [5.74, 6) is 1.49. The molecule has 1 aromatic heterocycles. The molecule has 0 spiro atoms. The van der Waals surface area contributed by atoms with Crippen molar-refractivity contribution in [3.63, 3.8) is 0 Å². The molecule has 1 atom stereocenters. The van der Waals surface area contributed by atoms with Gasteiger partial charge in [0.2, 0.25) is 0 Å². The third-order valence-corrected chi connectivity index (χ3v) is 5.70. The summed E-state index contributed by atoms with van der Waals surface area (Å²) in [6.07, 6.45) is 4.56. The van der Waals surface area contributed by atoms with Crippen LogP contribution < -0.4 is 15.4 Å². The molecule has 2 amide bonds. The molecule has 0 fully saturated rings. The first kappa shape index (κ1) is 17.8. The van der Waals surface area contributed by atoms with Crippen LogP contribution in [0.3, 0.4) is 0 Å². The van der Waals surface area contributed by atoms with E-state index in [9.17, 15) is 4.79 Å². The number of anilines is 1. The van der Waals surface area contributed by atoms with Gasteiger partial charge in [-0.15, -0.1) is 11.3 Å². The molecular weight excluding hydrogens is 332 g/mol. The minimum Gasteiger partial charge on any atom is -0.492 e. The molecule has 0 bridgehead atoms. The monoisotopic (exact) mass is 358 g/mol. The van der Waals surface area contributed by atoms with Crippen LogP contribution in [0.15, 0.2) is 29.6 Å². The fourth-order valence-corrected chi connectivity index (χ4v) is 4.58. The second-order valence-electron chi connectivity index (χ2n) is 6.57. The van der Waals surface area contributed by atoms with Gasteiger partial charge in [-0.1, -0.05) is 19.1 Å². The van der Waals surface area contributed by atoms with E-state index in [2.05, 4.69) is 22.9 Å². The molecule has 1 aromatic carbocycles. The van der Waals surface area contributed by atoms with E-state index in [0.29, 0.717) is 24.6 Å². The molecule has 1 aliphatic rings. The molecular formula is C20H26N2O2S. The van der Waals surface area contributed by atoms with Crippen LogP contribution in [0.1, 0.15) is 36.3 Å². The summed E-state index contributed by atoms with van der Waals surface area (Å²) < 4.78 is 5.53. The highest BCUT2D eigenvalue weighted by Gasteiger charge is 2.19. The third kappa shape index (κ3) is 4.54. The smallest absolute Gasteiger partial charge is 0.319 e. The average molecular weight is 359 g/mol. The van der Waals surface area contributed by atoms with E-state index < -0.39 is 0 Å². The quantitative estimate of drug-likeness (QED) is 0.790. The minimum atomic E-state index is -0.190. The Morgan fingerprint density at radius 1 is 1.36 bits per heavy atom. The van der Waals surface area contributed by atoms with Crippen LogP contribution >= 0.6 is 11.3 Å². The van der Waals surface area contributed by atoms with Crippen LogP contribution in [0.5, 0.6) is 5.75 Å². The number of fused-ring (bicyclic) bond motifs is 1. The summed E-state index contributed by atoms with van der Waals surface area (Å²) in [6, 6.07) is 7.30. The van der Waals surface area contributed by atoms with E-state index in [1.54, 1.807) is 4.88 Å². The molecule has 0 radical (unpaired) electrons. The molecule has 0 unspecified atom stereocenters. The van der Waals surface area contributed by atoms with E-state index in [1.165, 1.54) is 30.4 Å². The molecule has 1 heterocycles. The second kappa shape index (κ2) is 8.39. The Bertz CT molecular complexity index is 726. The zero-order valence-corrected chi connectivity index (χ0v) is 15.7. The molecule has 0 aliphatic heterocycles. The van der Waals surface area contributed by atoms with Gasteiger partial charge in [0.1, 0.15) is 5.75 Å². The van der Waals surface area contributed by atoms with E-state index in [0.717, 1.165) is 12.3 Å². The summed E-state index contributed by atoms with van der Waals surface area (Å²) in [4.78, 5) is 13.7. The molecule has 0 saturated heterocycles. The number of ether oxygens (including phenoxy) is 1. The third-order valence-electron chi connectivity index (χ3n) is 4.60. The van der Waals surface area contributed by atoms with E-state index in [-0.39, 0.29) is 6.03 Å². The van der Waals surface area contributed by atoms with Crippen molar-refractivity contribution in [3.05, 3.63) is 45.6 Å². The number of hydrogen-bond donors (Lipinski definition) is 2. The highest BCUT2D eigenvalue weighted by molar-refractivity contribution is 7.10. The zero-order valence-electron chi connectivity index (χ0n) is 14.9. The first-order chi connectivity index (χ1) is 12.2. The summed E-state index contributed by atoms with van der Waals surface area (Å²) in [7, 11) is 0.